The van der Waals surface area contributed by atoms with Crippen LogP contribution in [-0.2, 0) is 10.0 Å². The van der Waals surface area contributed by atoms with E-state index >= 15 is 0 Å². The molecule has 0 spiro atoms. The van der Waals surface area contributed by atoms with Crippen LogP contribution in [-0.4, -0.2) is 4.55 Å². The summed E-state index contributed by atoms with van der Waals surface area (Å²) in [6.07, 6.45) is 0. The molecule has 4 heavy (non-hydrogen) atoms. The van der Waals surface area contributed by atoms with E-state index in [1.807, 2.05) is 8.44 Å². The van der Waals surface area contributed by atoms with Gasteiger partial charge in [-0.2, -0.15) is 0 Å². The van der Waals surface area contributed by atoms with Crippen molar-refractivity contribution in [3.05, 3.63) is 0 Å². The molecule has 0 radical (unpaired) electrons. The van der Waals surface area contributed by atoms with Gasteiger partial charge in [-0.1, -0.05) is 0 Å². The lowest BCUT2D eigenvalue weighted by Gasteiger charge is -1.79. The van der Waals surface area contributed by atoms with Gasteiger partial charge in [0, 0.05) is 0 Å². The third-order valence-electron chi connectivity index (χ3n) is 0. The summed E-state index contributed by atoms with van der Waals surface area (Å²) in [5.74, 6) is 0. The fourth-order valence-electron chi connectivity index (χ4n) is 0. The first kappa shape index (κ1) is 5.03. The molecule has 0 aromatic heterocycles. The van der Waals surface area contributed by atoms with E-state index in [1.54, 1.807) is 0 Å². The Hall–Kier alpha value is 1.03. The highest BCUT2D eigenvalue weighted by Gasteiger charge is 1.75. The van der Waals surface area contributed by atoms with Gasteiger partial charge in [0.1, 0.15) is 8.44 Å². The van der Waals surface area contributed by atoms with Crippen LogP contribution < -0.4 is 0 Å². The lowest BCUT2D eigenvalue weighted by Crippen LogP contribution is -1.62. The summed E-state index contributed by atoms with van der Waals surface area (Å²) in [5.41, 5.74) is 0. The molecular formula is H2ClOPS. The van der Waals surface area contributed by atoms with Crippen LogP contribution in [0.25, 0.3) is 0 Å². The molecule has 2 unspecified atom stereocenters. The second-order valence-electron chi connectivity index (χ2n) is 0.248. The monoisotopic (exact) mass is 116 g/mol. The maximum Gasteiger partial charge on any atom is 0.175 e. The van der Waals surface area contributed by atoms with E-state index in [2.05, 4.69) is 0 Å². The first-order valence-corrected chi connectivity index (χ1v) is 4.01. The van der Waals surface area contributed by atoms with Crippen LogP contribution in [0.2, 0.25) is 0 Å². The van der Waals surface area contributed by atoms with Crippen LogP contribution in [0.1, 0.15) is 0 Å². The summed E-state index contributed by atoms with van der Waals surface area (Å²) in [6, 6.07) is 0. The second kappa shape index (κ2) is 2.28. The van der Waals surface area contributed by atoms with Gasteiger partial charge in [0.25, 0.3) is 0 Å². The van der Waals surface area contributed by atoms with Crippen molar-refractivity contribution in [2.75, 3.05) is 0 Å². The van der Waals surface area contributed by atoms with Crippen molar-refractivity contribution in [3.63, 3.8) is 0 Å². The van der Waals surface area contributed by atoms with E-state index in [1.165, 1.54) is 0 Å². The molecule has 0 aliphatic carbocycles. The van der Waals surface area contributed by atoms with Gasteiger partial charge >= 0.3 is 0 Å². The molecule has 0 fully saturated rings. The normalized spacial score (nSPS) is 15.8. The summed E-state index contributed by atoms with van der Waals surface area (Å²) in [4.78, 5) is 0. The zero-order valence-corrected chi connectivity index (χ0v) is 4.50. The van der Waals surface area contributed by atoms with Crippen molar-refractivity contribution in [2.45, 2.75) is 0 Å². The fourth-order valence-corrected chi connectivity index (χ4v) is 0. The van der Waals surface area contributed by atoms with Crippen molar-refractivity contribution >= 4 is 29.1 Å². The maximum absolute atomic E-state index is 9.28. The molecule has 0 aliphatic heterocycles. The molecule has 0 aromatic carbocycles. The Morgan fingerprint density at radius 1 is 2.00 bits per heavy atom. The van der Waals surface area contributed by atoms with E-state index in [-0.39, 0.29) is 0 Å². The zero-order valence-electron chi connectivity index (χ0n) is 1.77. The Morgan fingerprint density at radius 3 is 2.00 bits per heavy atom. The zero-order chi connectivity index (χ0) is 3.58. The highest BCUT2D eigenvalue weighted by atomic mass is 35.7. The third-order valence-corrected chi connectivity index (χ3v) is 0. The molecule has 0 rings (SSSR count). The molecule has 0 saturated carbocycles. The lowest BCUT2D eigenvalue weighted by molar-refractivity contribution is 0.621. The molecule has 0 bridgehead atoms. The van der Waals surface area contributed by atoms with Gasteiger partial charge in [0.05, 0.1) is 10.0 Å². The van der Waals surface area contributed by atoms with Gasteiger partial charge in [0.2, 0.25) is 0 Å². The molecule has 0 saturated heterocycles. The van der Waals surface area contributed by atoms with Crippen LogP contribution >= 0.6 is 19.1 Å². The van der Waals surface area contributed by atoms with Crippen LogP contribution in [0.5, 0.6) is 0 Å². The van der Waals surface area contributed by atoms with E-state index in [0.717, 1.165) is 0 Å². The third kappa shape index (κ3) is 11.8. The first-order chi connectivity index (χ1) is 1.73. The number of hydrogen-bond acceptors (Lipinski definition) is 1. The Kier molecular flexibility index (Phi) is 2.86. The highest BCUT2D eigenvalue weighted by molar-refractivity contribution is 8.50. The first-order valence-electron chi connectivity index (χ1n) is 0.557. The molecular weight excluding hydrogens is 114 g/mol. The molecule has 0 N–H and O–H groups in total. The summed E-state index contributed by atoms with van der Waals surface area (Å²) in [7, 11) is 5.38. The predicted octanol–water partition coefficient (Wildman–Crippen LogP) is 0.679. The van der Waals surface area contributed by atoms with Gasteiger partial charge in [-0.05, 0) is 0 Å². The minimum atomic E-state index is -1.22. The Bertz CT molecular complexity index is 12.8. The Labute approximate surface area is 34.4 Å². The molecule has 26 valence electrons. The van der Waals surface area contributed by atoms with Gasteiger partial charge < -0.3 is 4.55 Å². The number of halogens is 1. The number of hydrogen-bond donors (Lipinski definition) is 0. The van der Waals surface area contributed by atoms with Crippen molar-refractivity contribution in [2.24, 2.45) is 0 Å². The average molecular weight is 117 g/mol. The molecule has 2 atom stereocenters. The minimum absolute atomic E-state index is 1.22. The van der Waals surface area contributed by atoms with Crippen LogP contribution in [0.3, 0.4) is 0 Å². The molecule has 0 aliphatic rings. The smallest absolute Gasteiger partial charge is 0.175 e. The molecule has 0 aromatic rings. The molecule has 4 heteroatoms. The maximum atomic E-state index is 9.28. The van der Waals surface area contributed by atoms with Gasteiger partial charge in [-0.15, -0.1) is 0 Å². The Morgan fingerprint density at radius 2 is 2.00 bits per heavy atom. The van der Waals surface area contributed by atoms with Crippen LogP contribution in [0.15, 0.2) is 0 Å². The summed E-state index contributed by atoms with van der Waals surface area (Å²) in [6.45, 7) is 0. The summed E-state index contributed by atoms with van der Waals surface area (Å²) < 4.78 is 9.28. The van der Waals surface area contributed by atoms with Gasteiger partial charge in [-0.25, -0.2) is 0 Å². The van der Waals surface area contributed by atoms with E-state index < -0.39 is 10.0 Å². The quantitative estimate of drug-likeness (QED) is 0.337. The standard InChI is InChI=1S/ClH2OPS/c1-4(2)3/h3H2. The van der Waals surface area contributed by atoms with Crippen molar-refractivity contribution in [3.8, 4) is 0 Å². The second-order valence-corrected chi connectivity index (χ2v) is 3.84. The van der Waals surface area contributed by atoms with Crippen molar-refractivity contribution in [1.29, 1.82) is 0 Å². The Balaban J connectivity index is 2.32. The predicted molar refractivity (Wildman–Crippen MR) is 23.7 cm³/mol. The van der Waals surface area contributed by atoms with Crippen LogP contribution in [0.4, 0.5) is 0 Å². The highest BCUT2D eigenvalue weighted by Crippen LogP contribution is 2.03. The fraction of sp³-hybridized carbons (Fsp3) is 0. The summed E-state index contributed by atoms with van der Waals surface area (Å²) in [5, 5.41) is 0. The van der Waals surface area contributed by atoms with Crippen LogP contribution in [0, 0.1) is 0 Å². The van der Waals surface area contributed by atoms with Gasteiger partial charge in [0.15, 0.2) is 10.7 Å². The van der Waals surface area contributed by atoms with E-state index in [9.17, 15) is 4.55 Å². The average Bonchev–Trinajstić information content (AvgIpc) is 0.811. The molecule has 0 amide bonds. The van der Waals surface area contributed by atoms with Crippen molar-refractivity contribution in [1.82, 2.24) is 0 Å². The summed E-state index contributed by atoms with van der Waals surface area (Å²) >= 11 is 0. The molecule has 0 heterocycles. The SMILES string of the molecule is [O-][S+](P)Cl. The van der Waals surface area contributed by atoms with Gasteiger partial charge in [-0.3, -0.25) is 0 Å². The minimum Gasteiger partial charge on any atom is -0.598 e. The molecule has 1 nitrogen and oxygen atoms in total. The van der Waals surface area contributed by atoms with E-state index in [4.69, 9.17) is 10.7 Å². The largest absolute Gasteiger partial charge is 0.598 e. The van der Waals surface area contributed by atoms with E-state index in [0.29, 0.717) is 0 Å². The topological polar surface area (TPSA) is 23.1 Å². The number of rotatable bonds is 0. The lowest BCUT2D eigenvalue weighted by atomic mass is 15.9. The van der Waals surface area contributed by atoms with Crippen molar-refractivity contribution < 1.29 is 4.55 Å².